The predicted octanol–water partition coefficient (Wildman–Crippen LogP) is 2.28. The van der Waals surface area contributed by atoms with Gasteiger partial charge in [0.15, 0.2) is 0 Å². The molecular formula is C12H15ClFNO3S. The van der Waals surface area contributed by atoms with Gasteiger partial charge < -0.3 is 4.74 Å². The molecule has 0 N–H and O–H groups in total. The monoisotopic (exact) mass is 307 g/mol. The molecule has 2 rings (SSSR count). The quantitative estimate of drug-likeness (QED) is 0.842. The first-order valence-electron chi connectivity index (χ1n) is 5.98. The lowest BCUT2D eigenvalue weighted by molar-refractivity contribution is 0.148. The van der Waals surface area contributed by atoms with Gasteiger partial charge >= 0.3 is 0 Å². The fraction of sp³-hybridized carbons (Fsp3) is 0.500. The van der Waals surface area contributed by atoms with Crippen LogP contribution < -0.4 is 0 Å². The van der Waals surface area contributed by atoms with E-state index >= 15 is 0 Å². The minimum atomic E-state index is -3.95. The molecule has 0 unspecified atom stereocenters. The van der Waals surface area contributed by atoms with Crippen LogP contribution in [-0.4, -0.2) is 38.5 Å². The van der Waals surface area contributed by atoms with Gasteiger partial charge in [-0.3, -0.25) is 0 Å². The van der Waals surface area contributed by atoms with Gasteiger partial charge in [0.05, 0.1) is 11.6 Å². The molecule has 1 atom stereocenters. The summed E-state index contributed by atoms with van der Waals surface area (Å²) in [4.78, 5) is -0.453. The molecule has 1 saturated heterocycles. The van der Waals surface area contributed by atoms with Gasteiger partial charge in [-0.15, -0.1) is 0 Å². The number of nitrogens with zero attached hydrogens (tertiary/aromatic N) is 1. The molecule has 0 radical (unpaired) electrons. The zero-order chi connectivity index (χ0) is 14.0. The predicted molar refractivity (Wildman–Crippen MR) is 70.2 cm³/mol. The van der Waals surface area contributed by atoms with Crippen molar-refractivity contribution in [2.24, 2.45) is 0 Å². The summed E-state index contributed by atoms with van der Waals surface area (Å²) in [6, 6.07) is 3.60. The highest BCUT2D eigenvalue weighted by Gasteiger charge is 2.33. The summed E-state index contributed by atoms with van der Waals surface area (Å²) in [5.41, 5.74) is 0. The smallest absolute Gasteiger partial charge is 0.247 e. The lowest BCUT2D eigenvalue weighted by Gasteiger charge is -2.26. The summed E-state index contributed by atoms with van der Waals surface area (Å²) < 4.78 is 45.4. The van der Waals surface area contributed by atoms with Crippen LogP contribution in [0, 0.1) is 5.82 Å². The Labute approximate surface area is 117 Å². The Bertz CT molecular complexity index is 544. The van der Waals surface area contributed by atoms with Gasteiger partial charge in [0.1, 0.15) is 10.7 Å². The van der Waals surface area contributed by atoms with E-state index in [9.17, 15) is 12.8 Å². The minimum Gasteiger partial charge on any atom is -0.380 e. The maximum Gasteiger partial charge on any atom is 0.247 e. The Balaban J connectivity index is 2.46. The van der Waals surface area contributed by atoms with Crippen LogP contribution in [0.4, 0.5) is 4.39 Å². The molecule has 1 aromatic carbocycles. The van der Waals surface area contributed by atoms with Crippen molar-refractivity contribution in [1.82, 2.24) is 4.31 Å². The Morgan fingerprint density at radius 1 is 1.42 bits per heavy atom. The van der Waals surface area contributed by atoms with Crippen LogP contribution in [0.15, 0.2) is 23.1 Å². The fourth-order valence-electron chi connectivity index (χ4n) is 2.08. The third-order valence-electron chi connectivity index (χ3n) is 3.11. The van der Waals surface area contributed by atoms with Crippen LogP contribution in [0.5, 0.6) is 0 Å². The first-order valence-corrected chi connectivity index (χ1v) is 7.80. The molecule has 0 bridgehead atoms. The normalized spacial score (nSPS) is 22.2. The average Bonchev–Trinajstić information content (AvgIpc) is 2.53. The number of sulfonamides is 1. The van der Waals surface area contributed by atoms with Crippen molar-refractivity contribution < 1.29 is 17.5 Å². The molecule has 106 valence electrons. The molecule has 1 aromatic rings. The lowest BCUT2D eigenvalue weighted by Crippen LogP contribution is -2.39. The van der Waals surface area contributed by atoms with Crippen LogP contribution >= 0.6 is 11.6 Å². The fourth-order valence-corrected chi connectivity index (χ4v) is 4.29. The van der Waals surface area contributed by atoms with Crippen LogP contribution in [0.25, 0.3) is 0 Å². The van der Waals surface area contributed by atoms with Gasteiger partial charge in [0.2, 0.25) is 10.0 Å². The summed E-state index contributed by atoms with van der Waals surface area (Å²) in [7, 11) is -3.95. The minimum absolute atomic E-state index is 0.0997. The molecule has 4 nitrogen and oxygen atoms in total. The lowest BCUT2D eigenvalue weighted by atomic mass is 10.2. The van der Waals surface area contributed by atoms with E-state index in [1.807, 2.05) is 0 Å². The second kappa shape index (κ2) is 5.75. The molecule has 0 spiro atoms. The summed E-state index contributed by atoms with van der Waals surface area (Å²) in [5, 5.41) is -0.0997. The summed E-state index contributed by atoms with van der Waals surface area (Å²) in [6.45, 7) is 2.78. The zero-order valence-corrected chi connectivity index (χ0v) is 12.0. The zero-order valence-electron chi connectivity index (χ0n) is 10.5. The first-order chi connectivity index (χ1) is 8.94. The van der Waals surface area contributed by atoms with Gasteiger partial charge in [-0.1, -0.05) is 17.7 Å². The SMILES string of the molecule is C[C@H]1CCOCCN1S(=O)(=O)c1c(F)cccc1Cl. The van der Waals surface area contributed by atoms with Crippen molar-refractivity contribution >= 4 is 21.6 Å². The van der Waals surface area contributed by atoms with Crippen LogP contribution in [0.1, 0.15) is 13.3 Å². The maximum absolute atomic E-state index is 13.8. The van der Waals surface area contributed by atoms with Crippen molar-refractivity contribution in [3.05, 3.63) is 29.0 Å². The van der Waals surface area contributed by atoms with Gasteiger partial charge in [0, 0.05) is 19.2 Å². The molecule has 1 aliphatic rings. The molecule has 19 heavy (non-hydrogen) atoms. The van der Waals surface area contributed by atoms with Crippen molar-refractivity contribution in [2.75, 3.05) is 19.8 Å². The van der Waals surface area contributed by atoms with E-state index < -0.39 is 20.7 Å². The molecule has 0 aromatic heterocycles. The Morgan fingerprint density at radius 3 is 2.84 bits per heavy atom. The molecular weight excluding hydrogens is 293 g/mol. The third-order valence-corrected chi connectivity index (χ3v) is 5.63. The second-order valence-corrected chi connectivity index (χ2v) is 6.65. The molecule has 7 heteroatoms. The van der Waals surface area contributed by atoms with Gasteiger partial charge in [-0.05, 0) is 25.5 Å². The van der Waals surface area contributed by atoms with Crippen molar-refractivity contribution in [3.8, 4) is 0 Å². The summed E-state index contributed by atoms with van der Waals surface area (Å²) in [5.74, 6) is -0.829. The highest BCUT2D eigenvalue weighted by Crippen LogP contribution is 2.29. The van der Waals surface area contributed by atoms with E-state index in [0.29, 0.717) is 19.6 Å². The number of halogens is 2. The Kier molecular flexibility index (Phi) is 4.45. The third kappa shape index (κ3) is 2.91. The van der Waals surface area contributed by atoms with Gasteiger partial charge in [-0.2, -0.15) is 4.31 Å². The topological polar surface area (TPSA) is 46.6 Å². The highest BCUT2D eigenvalue weighted by atomic mass is 35.5. The van der Waals surface area contributed by atoms with E-state index in [2.05, 4.69) is 0 Å². The maximum atomic E-state index is 13.8. The summed E-state index contributed by atoms with van der Waals surface area (Å²) >= 11 is 5.84. The molecule has 1 heterocycles. The van der Waals surface area contributed by atoms with E-state index in [1.165, 1.54) is 16.4 Å². The molecule has 0 aliphatic carbocycles. The van der Waals surface area contributed by atoms with Crippen LogP contribution in [-0.2, 0) is 14.8 Å². The van der Waals surface area contributed by atoms with Crippen molar-refractivity contribution in [1.29, 1.82) is 0 Å². The van der Waals surface area contributed by atoms with Crippen LogP contribution in [0.2, 0.25) is 5.02 Å². The Morgan fingerprint density at radius 2 is 2.16 bits per heavy atom. The number of hydrogen-bond donors (Lipinski definition) is 0. The van der Waals surface area contributed by atoms with E-state index in [-0.39, 0.29) is 17.6 Å². The number of rotatable bonds is 2. The average molecular weight is 308 g/mol. The first kappa shape index (κ1) is 14.7. The van der Waals surface area contributed by atoms with Gasteiger partial charge in [-0.25, -0.2) is 12.8 Å². The van der Waals surface area contributed by atoms with E-state index in [0.717, 1.165) is 6.07 Å². The van der Waals surface area contributed by atoms with Crippen molar-refractivity contribution in [3.63, 3.8) is 0 Å². The number of benzene rings is 1. The summed E-state index contributed by atoms with van der Waals surface area (Å²) in [6.07, 6.45) is 0.575. The molecule has 0 amide bonds. The molecule has 1 aliphatic heterocycles. The second-order valence-electron chi connectivity index (χ2n) is 4.42. The molecule has 1 fully saturated rings. The van der Waals surface area contributed by atoms with Crippen molar-refractivity contribution in [2.45, 2.75) is 24.3 Å². The standard InChI is InChI=1S/C12H15ClFNO3S/c1-9-5-7-18-8-6-15(9)19(16,17)12-10(13)3-2-4-11(12)14/h2-4,9H,5-8H2,1H3/t9-/m0/s1. The number of hydrogen-bond acceptors (Lipinski definition) is 3. The number of ether oxygens (including phenoxy) is 1. The van der Waals surface area contributed by atoms with Crippen LogP contribution in [0.3, 0.4) is 0 Å². The van der Waals surface area contributed by atoms with Gasteiger partial charge in [0.25, 0.3) is 0 Å². The largest absolute Gasteiger partial charge is 0.380 e. The highest BCUT2D eigenvalue weighted by molar-refractivity contribution is 7.89. The Hall–Kier alpha value is -0.690. The van der Waals surface area contributed by atoms with E-state index in [1.54, 1.807) is 6.92 Å². The van der Waals surface area contributed by atoms with E-state index in [4.69, 9.17) is 16.3 Å². The molecule has 0 saturated carbocycles.